The molecule has 2 rings (SSSR count). The molecule has 4 nitrogen and oxygen atoms in total. The number of rotatable bonds is 3. The number of hydrogen-bond acceptors (Lipinski definition) is 4. The highest BCUT2D eigenvalue weighted by Crippen LogP contribution is 2.26. The van der Waals surface area contributed by atoms with Gasteiger partial charge in [0.2, 0.25) is 0 Å². The van der Waals surface area contributed by atoms with Crippen molar-refractivity contribution in [1.82, 2.24) is 4.98 Å². The van der Waals surface area contributed by atoms with E-state index in [1.165, 1.54) is 18.2 Å². The number of aryl methyl sites for hydroxylation is 1. The minimum atomic E-state index is -4.71. The Balaban J connectivity index is 2.17. The Morgan fingerprint density at radius 3 is 2.60 bits per heavy atom. The molecule has 0 saturated carbocycles. The number of nitrogens with one attached hydrogen (secondary N) is 1. The Labute approximate surface area is 113 Å². The van der Waals surface area contributed by atoms with Gasteiger partial charge in [0.05, 0.1) is 11.4 Å². The molecule has 1 aromatic carbocycles. The summed E-state index contributed by atoms with van der Waals surface area (Å²) in [7, 11) is 0. The van der Waals surface area contributed by atoms with Gasteiger partial charge in [0.25, 0.3) is 0 Å². The van der Waals surface area contributed by atoms with E-state index in [-0.39, 0.29) is 5.75 Å². The van der Waals surface area contributed by atoms with Crippen molar-refractivity contribution in [2.75, 3.05) is 11.1 Å². The van der Waals surface area contributed by atoms with Gasteiger partial charge in [-0.1, -0.05) is 6.07 Å². The lowest BCUT2D eigenvalue weighted by Crippen LogP contribution is -2.17. The van der Waals surface area contributed by atoms with Crippen molar-refractivity contribution in [3.63, 3.8) is 0 Å². The van der Waals surface area contributed by atoms with Crippen LogP contribution < -0.4 is 15.8 Å². The van der Waals surface area contributed by atoms with Crippen molar-refractivity contribution in [3.05, 3.63) is 42.1 Å². The molecular formula is C13H12F3N3O. The molecule has 0 aliphatic rings. The molecule has 0 aliphatic carbocycles. The Morgan fingerprint density at radius 1 is 1.20 bits per heavy atom. The lowest BCUT2D eigenvalue weighted by Gasteiger charge is -2.11. The number of alkyl halides is 3. The van der Waals surface area contributed by atoms with Gasteiger partial charge in [0.15, 0.2) is 0 Å². The number of anilines is 3. The summed E-state index contributed by atoms with van der Waals surface area (Å²) in [5.74, 6) is 0.190. The average Bonchev–Trinajstić information content (AvgIpc) is 2.32. The van der Waals surface area contributed by atoms with Crippen LogP contribution in [0.1, 0.15) is 5.69 Å². The maximum Gasteiger partial charge on any atom is 0.573 e. The molecule has 106 valence electrons. The Kier molecular flexibility index (Phi) is 3.69. The van der Waals surface area contributed by atoms with Gasteiger partial charge in [-0.15, -0.1) is 13.2 Å². The van der Waals surface area contributed by atoms with Gasteiger partial charge in [-0.3, -0.25) is 0 Å². The van der Waals surface area contributed by atoms with Gasteiger partial charge in [0.1, 0.15) is 11.6 Å². The normalized spacial score (nSPS) is 11.2. The third-order valence-corrected chi connectivity index (χ3v) is 2.47. The second-order valence-electron chi connectivity index (χ2n) is 4.07. The molecule has 0 atom stereocenters. The summed E-state index contributed by atoms with van der Waals surface area (Å²) in [6, 6.07) is 8.83. The van der Waals surface area contributed by atoms with Gasteiger partial charge in [0, 0.05) is 11.8 Å². The van der Waals surface area contributed by atoms with E-state index in [2.05, 4.69) is 15.0 Å². The summed E-state index contributed by atoms with van der Waals surface area (Å²) in [6.07, 6.45) is -4.71. The first-order valence-electron chi connectivity index (χ1n) is 5.69. The van der Waals surface area contributed by atoms with E-state index in [0.717, 1.165) is 0 Å². The number of halogens is 3. The molecule has 1 aromatic heterocycles. The van der Waals surface area contributed by atoms with Crippen molar-refractivity contribution in [3.8, 4) is 5.75 Å². The molecule has 0 aliphatic heterocycles. The Hall–Kier alpha value is -2.44. The van der Waals surface area contributed by atoms with Crippen LogP contribution in [0.5, 0.6) is 5.75 Å². The van der Waals surface area contributed by atoms with Crippen LogP contribution in [-0.2, 0) is 0 Å². The van der Waals surface area contributed by atoms with Crippen LogP contribution in [0, 0.1) is 6.92 Å². The number of benzene rings is 1. The average molecular weight is 283 g/mol. The van der Waals surface area contributed by atoms with Gasteiger partial charge >= 0.3 is 6.36 Å². The van der Waals surface area contributed by atoms with E-state index in [4.69, 9.17) is 5.73 Å². The van der Waals surface area contributed by atoms with Crippen molar-refractivity contribution in [2.45, 2.75) is 13.3 Å². The molecule has 0 fully saturated rings. The van der Waals surface area contributed by atoms with Crippen LogP contribution in [0.15, 0.2) is 36.4 Å². The highest BCUT2D eigenvalue weighted by molar-refractivity contribution is 5.60. The summed E-state index contributed by atoms with van der Waals surface area (Å²) in [5, 5.41) is 2.88. The van der Waals surface area contributed by atoms with Crippen LogP contribution in [0.3, 0.4) is 0 Å². The minimum Gasteiger partial charge on any atom is -0.406 e. The first-order valence-corrected chi connectivity index (χ1v) is 5.69. The topological polar surface area (TPSA) is 60.2 Å². The lowest BCUT2D eigenvalue weighted by molar-refractivity contribution is -0.274. The molecule has 20 heavy (non-hydrogen) atoms. The molecule has 2 aromatic rings. The van der Waals surface area contributed by atoms with E-state index in [0.29, 0.717) is 22.9 Å². The zero-order valence-corrected chi connectivity index (χ0v) is 10.5. The number of nitrogen functional groups attached to an aromatic ring is 1. The maximum atomic E-state index is 12.1. The van der Waals surface area contributed by atoms with Crippen molar-refractivity contribution in [2.24, 2.45) is 0 Å². The van der Waals surface area contributed by atoms with E-state index >= 15 is 0 Å². The number of ether oxygens (including phenoxy) is 1. The summed E-state index contributed by atoms with van der Waals surface area (Å²) in [6.45, 7) is 1.74. The van der Waals surface area contributed by atoms with Crippen molar-refractivity contribution in [1.29, 1.82) is 0 Å². The van der Waals surface area contributed by atoms with Gasteiger partial charge in [-0.05, 0) is 31.2 Å². The predicted molar refractivity (Wildman–Crippen MR) is 69.8 cm³/mol. The number of pyridine rings is 1. The molecule has 0 spiro atoms. The number of hydrogen-bond donors (Lipinski definition) is 2. The van der Waals surface area contributed by atoms with Crippen LogP contribution in [0.4, 0.5) is 30.4 Å². The molecule has 0 saturated heterocycles. The zero-order valence-electron chi connectivity index (χ0n) is 10.5. The lowest BCUT2D eigenvalue weighted by atomic mass is 10.3. The molecule has 0 unspecified atom stereocenters. The van der Waals surface area contributed by atoms with Crippen LogP contribution >= 0.6 is 0 Å². The first-order chi connectivity index (χ1) is 9.33. The SMILES string of the molecule is Cc1nc(Nc2cccc(OC(F)(F)F)c2)ccc1N. The first kappa shape index (κ1) is 14.0. The second kappa shape index (κ2) is 5.28. The molecule has 0 bridgehead atoms. The number of nitrogens with two attached hydrogens (primary N) is 1. The fourth-order valence-electron chi connectivity index (χ4n) is 1.56. The summed E-state index contributed by atoms with van der Waals surface area (Å²) >= 11 is 0. The number of aromatic nitrogens is 1. The summed E-state index contributed by atoms with van der Waals surface area (Å²) in [4.78, 5) is 4.17. The highest BCUT2D eigenvalue weighted by atomic mass is 19.4. The Morgan fingerprint density at radius 2 is 1.95 bits per heavy atom. The van der Waals surface area contributed by atoms with Gasteiger partial charge in [-0.25, -0.2) is 4.98 Å². The zero-order chi connectivity index (χ0) is 14.8. The van der Waals surface area contributed by atoms with E-state index in [1.54, 1.807) is 25.1 Å². The molecular weight excluding hydrogens is 271 g/mol. The molecule has 0 amide bonds. The largest absolute Gasteiger partial charge is 0.573 e. The Bertz CT molecular complexity index is 614. The summed E-state index contributed by atoms with van der Waals surface area (Å²) < 4.78 is 40.2. The molecule has 1 heterocycles. The fourth-order valence-corrected chi connectivity index (χ4v) is 1.56. The van der Waals surface area contributed by atoms with Crippen LogP contribution in [-0.4, -0.2) is 11.3 Å². The molecule has 3 N–H and O–H groups in total. The predicted octanol–water partition coefficient (Wildman–Crippen LogP) is 3.61. The second-order valence-corrected chi connectivity index (χ2v) is 4.07. The summed E-state index contributed by atoms with van der Waals surface area (Å²) in [5.41, 5.74) is 7.26. The third kappa shape index (κ3) is 3.78. The fraction of sp³-hybridized carbons (Fsp3) is 0.154. The maximum absolute atomic E-state index is 12.1. The van der Waals surface area contributed by atoms with E-state index < -0.39 is 6.36 Å². The standard InChI is InChI=1S/C13H12F3N3O/c1-8-11(17)5-6-12(18-8)19-9-3-2-4-10(7-9)20-13(14,15)16/h2-7H,17H2,1H3,(H,18,19). The molecule has 7 heteroatoms. The van der Waals surface area contributed by atoms with Gasteiger partial charge < -0.3 is 15.8 Å². The van der Waals surface area contributed by atoms with Crippen molar-refractivity contribution < 1.29 is 17.9 Å². The minimum absolute atomic E-state index is 0.297. The monoisotopic (exact) mass is 283 g/mol. The van der Waals surface area contributed by atoms with Gasteiger partial charge in [-0.2, -0.15) is 0 Å². The number of nitrogens with zero attached hydrogens (tertiary/aromatic N) is 1. The highest BCUT2D eigenvalue weighted by Gasteiger charge is 2.31. The quantitative estimate of drug-likeness (QED) is 0.903. The molecule has 0 radical (unpaired) electrons. The van der Waals surface area contributed by atoms with E-state index in [1.807, 2.05) is 0 Å². The third-order valence-electron chi connectivity index (χ3n) is 2.47. The van der Waals surface area contributed by atoms with Crippen LogP contribution in [0.25, 0.3) is 0 Å². The van der Waals surface area contributed by atoms with Crippen molar-refractivity contribution >= 4 is 17.2 Å². The smallest absolute Gasteiger partial charge is 0.406 e. The van der Waals surface area contributed by atoms with Crippen LogP contribution in [0.2, 0.25) is 0 Å². The van der Waals surface area contributed by atoms with E-state index in [9.17, 15) is 13.2 Å².